The van der Waals surface area contributed by atoms with Crippen LogP contribution < -0.4 is 20.1 Å². The summed E-state index contributed by atoms with van der Waals surface area (Å²) in [5, 5.41) is 17.4. The van der Waals surface area contributed by atoms with Crippen LogP contribution in [0.25, 0.3) is 0 Å². The number of likely N-dealkylation sites (tertiary alicyclic amines) is 1. The summed E-state index contributed by atoms with van der Waals surface area (Å²) in [6.45, 7) is 4.38. The quantitative estimate of drug-likeness (QED) is 0.419. The maximum atomic E-state index is 12.8. The largest absolute Gasteiger partial charge is 0.497 e. The standard InChI is InChI=1S/C24H38N4O4/c1-4-25-24(26-15-21(29)20-14-19(31-2)10-11-22(20)32-3)27-18-12-13-28(16-18)23(30)17-8-6-5-7-9-17/h10-11,14,17-18,21,29H,4-9,12-13,15-16H2,1-3H3,(H2,25,26,27). The van der Waals surface area contributed by atoms with Crippen molar-refractivity contribution in [1.82, 2.24) is 15.5 Å². The number of aliphatic hydroxyl groups excluding tert-OH is 1. The van der Waals surface area contributed by atoms with Crippen molar-refractivity contribution in [2.24, 2.45) is 10.9 Å². The van der Waals surface area contributed by atoms with Gasteiger partial charge in [0.05, 0.1) is 20.8 Å². The fourth-order valence-corrected chi connectivity index (χ4v) is 4.58. The van der Waals surface area contributed by atoms with E-state index in [0.29, 0.717) is 42.0 Å². The molecule has 2 unspecified atom stereocenters. The van der Waals surface area contributed by atoms with Gasteiger partial charge >= 0.3 is 0 Å². The van der Waals surface area contributed by atoms with Crippen molar-refractivity contribution in [2.45, 2.75) is 57.6 Å². The van der Waals surface area contributed by atoms with Gasteiger partial charge in [0.15, 0.2) is 5.96 Å². The molecule has 1 saturated heterocycles. The van der Waals surface area contributed by atoms with E-state index in [0.717, 1.165) is 25.8 Å². The normalized spacial score (nSPS) is 20.7. The predicted molar refractivity (Wildman–Crippen MR) is 125 cm³/mol. The van der Waals surface area contributed by atoms with Gasteiger partial charge in [-0.3, -0.25) is 9.79 Å². The number of carbonyl (C=O) groups excluding carboxylic acids is 1. The summed E-state index contributed by atoms with van der Waals surface area (Å²) in [5.41, 5.74) is 0.636. The zero-order valence-electron chi connectivity index (χ0n) is 19.6. The van der Waals surface area contributed by atoms with Crippen molar-refractivity contribution in [3.8, 4) is 11.5 Å². The third-order valence-electron chi connectivity index (χ3n) is 6.36. The molecular weight excluding hydrogens is 408 g/mol. The molecule has 1 aromatic carbocycles. The lowest BCUT2D eigenvalue weighted by molar-refractivity contribution is -0.135. The Morgan fingerprint density at radius 3 is 2.69 bits per heavy atom. The molecule has 3 N–H and O–H groups in total. The van der Waals surface area contributed by atoms with Crippen molar-refractivity contribution in [3.05, 3.63) is 23.8 Å². The van der Waals surface area contributed by atoms with E-state index in [2.05, 4.69) is 15.6 Å². The molecule has 178 valence electrons. The number of methoxy groups -OCH3 is 2. The highest BCUT2D eigenvalue weighted by Crippen LogP contribution is 2.30. The zero-order valence-corrected chi connectivity index (χ0v) is 19.6. The number of guanidine groups is 1. The van der Waals surface area contributed by atoms with Crippen molar-refractivity contribution < 1.29 is 19.4 Å². The van der Waals surface area contributed by atoms with E-state index in [9.17, 15) is 9.90 Å². The Bertz CT molecular complexity index is 779. The Morgan fingerprint density at radius 2 is 2.00 bits per heavy atom. The Morgan fingerprint density at radius 1 is 1.22 bits per heavy atom. The second-order valence-electron chi connectivity index (χ2n) is 8.59. The van der Waals surface area contributed by atoms with Gasteiger partial charge in [0, 0.05) is 37.2 Å². The fourth-order valence-electron chi connectivity index (χ4n) is 4.58. The van der Waals surface area contributed by atoms with Crippen molar-refractivity contribution in [3.63, 3.8) is 0 Å². The molecule has 0 aromatic heterocycles. The zero-order chi connectivity index (χ0) is 22.9. The molecule has 0 bridgehead atoms. The molecule has 2 atom stereocenters. The average molecular weight is 447 g/mol. The number of ether oxygens (including phenoxy) is 2. The van der Waals surface area contributed by atoms with Gasteiger partial charge in [-0.1, -0.05) is 19.3 Å². The van der Waals surface area contributed by atoms with Crippen molar-refractivity contribution in [2.75, 3.05) is 40.4 Å². The van der Waals surface area contributed by atoms with Crippen LogP contribution in [-0.4, -0.2) is 68.3 Å². The van der Waals surface area contributed by atoms with E-state index in [1.54, 1.807) is 32.4 Å². The summed E-state index contributed by atoms with van der Waals surface area (Å²) in [5.74, 6) is 2.42. The lowest BCUT2D eigenvalue weighted by atomic mass is 9.88. The highest BCUT2D eigenvalue weighted by Gasteiger charge is 2.31. The van der Waals surface area contributed by atoms with Gasteiger partial charge in [-0.25, -0.2) is 0 Å². The van der Waals surface area contributed by atoms with E-state index in [1.165, 1.54) is 19.3 Å². The van der Waals surface area contributed by atoms with Crippen LogP contribution in [-0.2, 0) is 4.79 Å². The van der Waals surface area contributed by atoms with Gasteiger partial charge in [0.2, 0.25) is 5.91 Å². The Balaban J connectivity index is 1.59. The first-order chi connectivity index (χ1) is 15.5. The van der Waals surface area contributed by atoms with Gasteiger partial charge < -0.3 is 30.1 Å². The van der Waals surface area contributed by atoms with Crippen LogP contribution in [0.3, 0.4) is 0 Å². The smallest absolute Gasteiger partial charge is 0.225 e. The van der Waals surface area contributed by atoms with Gasteiger partial charge in [0.1, 0.15) is 17.6 Å². The Kier molecular flexibility index (Phi) is 9.02. The number of aliphatic hydroxyl groups is 1. The topological polar surface area (TPSA) is 95.4 Å². The van der Waals surface area contributed by atoms with Gasteiger partial charge in [0.25, 0.3) is 0 Å². The summed E-state index contributed by atoms with van der Waals surface area (Å²) in [7, 11) is 3.17. The number of hydrogen-bond donors (Lipinski definition) is 3. The Hall–Kier alpha value is -2.48. The highest BCUT2D eigenvalue weighted by atomic mass is 16.5. The summed E-state index contributed by atoms with van der Waals surface area (Å²) < 4.78 is 10.7. The number of carbonyl (C=O) groups is 1. The average Bonchev–Trinajstić information content (AvgIpc) is 3.30. The first kappa shape index (κ1) is 24.2. The second-order valence-corrected chi connectivity index (χ2v) is 8.59. The van der Waals surface area contributed by atoms with E-state index in [4.69, 9.17) is 9.47 Å². The molecule has 1 saturated carbocycles. The second kappa shape index (κ2) is 11.9. The molecule has 1 amide bonds. The molecule has 2 aliphatic rings. The third-order valence-corrected chi connectivity index (χ3v) is 6.36. The summed E-state index contributed by atoms with van der Waals surface area (Å²) in [6, 6.07) is 5.50. The molecule has 1 heterocycles. The SMILES string of the molecule is CCNC(=NCC(O)c1cc(OC)ccc1OC)NC1CCN(C(=O)C2CCCCC2)C1. The first-order valence-electron chi connectivity index (χ1n) is 11.8. The third kappa shape index (κ3) is 6.28. The first-order valence-corrected chi connectivity index (χ1v) is 11.8. The molecule has 1 aliphatic heterocycles. The van der Waals surface area contributed by atoms with Crippen LogP contribution in [0.15, 0.2) is 23.2 Å². The van der Waals surface area contributed by atoms with Crippen LogP contribution in [0, 0.1) is 5.92 Å². The van der Waals surface area contributed by atoms with Gasteiger partial charge in [-0.05, 0) is 44.4 Å². The molecule has 8 nitrogen and oxygen atoms in total. The number of nitrogens with zero attached hydrogens (tertiary/aromatic N) is 2. The number of amides is 1. The molecule has 3 rings (SSSR count). The summed E-state index contributed by atoms with van der Waals surface area (Å²) >= 11 is 0. The minimum Gasteiger partial charge on any atom is -0.497 e. The number of hydrogen-bond acceptors (Lipinski definition) is 5. The minimum atomic E-state index is -0.830. The lowest BCUT2D eigenvalue weighted by Gasteiger charge is -2.26. The van der Waals surface area contributed by atoms with Crippen LogP contribution in [0.4, 0.5) is 0 Å². The molecule has 0 spiro atoms. The predicted octanol–water partition coefficient (Wildman–Crippen LogP) is 2.47. The van der Waals surface area contributed by atoms with Crippen LogP contribution in [0.2, 0.25) is 0 Å². The molecule has 2 fully saturated rings. The lowest BCUT2D eigenvalue weighted by Crippen LogP contribution is -2.45. The number of benzene rings is 1. The minimum absolute atomic E-state index is 0.156. The van der Waals surface area contributed by atoms with Gasteiger partial charge in [-0.15, -0.1) is 0 Å². The van der Waals surface area contributed by atoms with E-state index in [1.807, 2.05) is 11.8 Å². The van der Waals surface area contributed by atoms with Crippen molar-refractivity contribution >= 4 is 11.9 Å². The summed E-state index contributed by atoms with van der Waals surface area (Å²) in [4.78, 5) is 19.4. The Labute approximate surface area is 191 Å². The highest BCUT2D eigenvalue weighted by molar-refractivity contribution is 5.81. The van der Waals surface area contributed by atoms with Crippen LogP contribution >= 0.6 is 0 Å². The fraction of sp³-hybridized carbons (Fsp3) is 0.667. The van der Waals surface area contributed by atoms with Crippen LogP contribution in [0.5, 0.6) is 11.5 Å². The van der Waals surface area contributed by atoms with Crippen molar-refractivity contribution in [1.29, 1.82) is 0 Å². The monoisotopic (exact) mass is 446 g/mol. The van der Waals surface area contributed by atoms with E-state index < -0.39 is 6.10 Å². The van der Waals surface area contributed by atoms with Gasteiger partial charge in [-0.2, -0.15) is 0 Å². The van der Waals surface area contributed by atoms with E-state index in [-0.39, 0.29) is 18.5 Å². The number of nitrogens with one attached hydrogen (secondary N) is 2. The maximum Gasteiger partial charge on any atom is 0.225 e. The molecule has 1 aromatic rings. The molecule has 8 heteroatoms. The number of aliphatic imine (C=N–C) groups is 1. The molecule has 0 radical (unpaired) electrons. The molecule has 32 heavy (non-hydrogen) atoms. The van der Waals surface area contributed by atoms with Crippen LogP contribution in [0.1, 0.15) is 57.1 Å². The van der Waals surface area contributed by atoms with E-state index >= 15 is 0 Å². The number of rotatable bonds is 8. The molecular formula is C24H38N4O4. The maximum absolute atomic E-state index is 12.8. The summed E-state index contributed by atoms with van der Waals surface area (Å²) in [6.07, 6.45) is 5.72. The molecule has 1 aliphatic carbocycles.